The molecule has 0 radical (unpaired) electrons. The number of amides is 1. The molecule has 8 heteroatoms. The number of carbonyl (C=O) groups is 1. The summed E-state index contributed by atoms with van der Waals surface area (Å²) in [6.07, 6.45) is -6.04. The highest BCUT2D eigenvalue weighted by atomic mass is 32.1. The van der Waals surface area contributed by atoms with E-state index in [-0.39, 0.29) is 6.54 Å². The lowest BCUT2D eigenvalue weighted by Crippen LogP contribution is -2.46. The zero-order chi connectivity index (χ0) is 14.0. The zero-order valence-corrected chi connectivity index (χ0v) is 10.7. The molecule has 0 spiro atoms. The zero-order valence-electron chi connectivity index (χ0n) is 9.84. The maximum absolute atomic E-state index is 12.9. The molecule has 102 valence electrons. The standard InChI is InChI=1S/C10H13F3N2O2S/c1-3-14-7(16)4-9(17,10(11,12)13)8-15-6(2)5-18-8/h5,17H,3-4H2,1-2H3,(H,14,16)/t9-/m1/s1. The monoisotopic (exact) mass is 282 g/mol. The van der Waals surface area contributed by atoms with Crippen molar-refractivity contribution in [1.29, 1.82) is 0 Å². The van der Waals surface area contributed by atoms with Gasteiger partial charge in [0.25, 0.3) is 0 Å². The van der Waals surface area contributed by atoms with Gasteiger partial charge in [0.05, 0.1) is 6.42 Å². The van der Waals surface area contributed by atoms with E-state index in [2.05, 4.69) is 10.3 Å². The highest BCUT2D eigenvalue weighted by Gasteiger charge is 2.58. The first kappa shape index (κ1) is 14.9. The molecule has 0 unspecified atom stereocenters. The summed E-state index contributed by atoms with van der Waals surface area (Å²) in [7, 11) is 0. The Morgan fingerprint density at radius 1 is 1.56 bits per heavy atom. The third-order valence-corrected chi connectivity index (χ3v) is 3.34. The predicted molar refractivity (Wildman–Crippen MR) is 60.1 cm³/mol. The molecule has 1 amide bonds. The average Bonchev–Trinajstić information content (AvgIpc) is 2.63. The van der Waals surface area contributed by atoms with E-state index in [0.717, 1.165) is 0 Å². The lowest BCUT2D eigenvalue weighted by Gasteiger charge is -2.27. The number of alkyl halides is 3. The highest BCUT2D eigenvalue weighted by Crippen LogP contribution is 2.42. The van der Waals surface area contributed by atoms with Gasteiger partial charge in [-0.1, -0.05) is 0 Å². The van der Waals surface area contributed by atoms with E-state index in [1.807, 2.05) is 0 Å². The summed E-state index contributed by atoms with van der Waals surface area (Å²) in [5.74, 6) is -0.870. The Bertz CT molecular complexity index is 433. The molecule has 0 saturated carbocycles. The van der Waals surface area contributed by atoms with Gasteiger partial charge in [-0.05, 0) is 13.8 Å². The first-order valence-electron chi connectivity index (χ1n) is 5.19. The van der Waals surface area contributed by atoms with Crippen molar-refractivity contribution in [1.82, 2.24) is 10.3 Å². The molecule has 1 rings (SSSR count). The van der Waals surface area contributed by atoms with Crippen molar-refractivity contribution in [2.75, 3.05) is 6.54 Å². The molecule has 0 fully saturated rings. The van der Waals surface area contributed by atoms with Crippen LogP contribution < -0.4 is 5.32 Å². The van der Waals surface area contributed by atoms with Gasteiger partial charge in [-0.3, -0.25) is 4.79 Å². The molecule has 1 heterocycles. The average molecular weight is 282 g/mol. The Kier molecular flexibility index (Phi) is 4.33. The number of carbonyl (C=O) groups excluding carboxylic acids is 1. The number of hydrogen-bond acceptors (Lipinski definition) is 4. The Balaban J connectivity index is 3.08. The summed E-state index contributed by atoms with van der Waals surface area (Å²) >= 11 is 0.682. The summed E-state index contributed by atoms with van der Waals surface area (Å²) in [6, 6.07) is 0. The van der Waals surface area contributed by atoms with E-state index in [4.69, 9.17) is 0 Å². The minimum atomic E-state index is -4.96. The number of halogens is 3. The van der Waals surface area contributed by atoms with Crippen molar-refractivity contribution < 1.29 is 23.1 Å². The number of aryl methyl sites for hydroxylation is 1. The fourth-order valence-electron chi connectivity index (χ4n) is 1.33. The van der Waals surface area contributed by atoms with Gasteiger partial charge >= 0.3 is 6.18 Å². The SMILES string of the molecule is CCNC(=O)C[C@@](O)(c1nc(C)cs1)C(F)(F)F. The molecule has 0 aliphatic heterocycles. The highest BCUT2D eigenvalue weighted by molar-refractivity contribution is 7.09. The molecule has 1 aromatic rings. The normalized spacial score (nSPS) is 15.2. The second kappa shape index (κ2) is 5.23. The number of rotatable bonds is 4. The fourth-order valence-corrected chi connectivity index (χ4v) is 2.25. The fraction of sp³-hybridized carbons (Fsp3) is 0.600. The summed E-state index contributed by atoms with van der Waals surface area (Å²) in [6.45, 7) is 3.30. The third-order valence-electron chi connectivity index (χ3n) is 2.23. The van der Waals surface area contributed by atoms with Crippen LogP contribution in [0.25, 0.3) is 0 Å². The molecule has 0 saturated heterocycles. The van der Waals surface area contributed by atoms with Gasteiger partial charge in [-0.25, -0.2) is 4.98 Å². The van der Waals surface area contributed by atoms with Crippen LogP contribution in [0.4, 0.5) is 13.2 Å². The van der Waals surface area contributed by atoms with Crippen LogP contribution in [0.1, 0.15) is 24.0 Å². The van der Waals surface area contributed by atoms with Crippen LogP contribution in [-0.2, 0) is 10.4 Å². The third kappa shape index (κ3) is 2.99. The van der Waals surface area contributed by atoms with Crippen LogP contribution in [0.2, 0.25) is 0 Å². The summed E-state index contributed by atoms with van der Waals surface area (Å²) in [4.78, 5) is 14.9. The van der Waals surface area contributed by atoms with E-state index in [1.165, 1.54) is 12.3 Å². The molecule has 0 bridgehead atoms. The number of aliphatic hydroxyl groups is 1. The van der Waals surface area contributed by atoms with Gasteiger partial charge in [0.15, 0.2) is 0 Å². The van der Waals surface area contributed by atoms with Crippen LogP contribution in [0.3, 0.4) is 0 Å². The van der Waals surface area contributed by atoms with E-state index in [0.29, 0.717) is 17.0 Å². The summed E-state index contributed by atoms with van der Waals surface area (Å²) < 4.78 is 38.8. The number of nitrogens with one attached hydrogen (secondary N) is 1. The second-order valence-corrected chi connectivity index (χ2v) is 4.64. The van der Waals surface area contributed by atoms with E-state index < -0.39 is 29.1 Å². The van der Waals surface area contributed by atoms with Crippen LogP contribution in [-0.4, -0.2) is 28.7 Å². The molecule has 1 atom stereocenters. The maximum Gasteiger partial charge on any atom is 0.424 e. The molecule has 18 heavy (non-hydrogen) atoms. The van der Waals surface area contributed by atoms with E-state index >= 15 is 0 Å². The Morgan fingerprint density at radius 3 is 2.56 bits per heavy atom. The Hall–Kier alpha value is -1.15. The molecule has 4 nitrogen and oxygen atoms in total. The van der Waals surface area contributed by atoms with E-state index in [1.54, 1.807) is 6.92 Å². The van der Waals surface area contributed by atoms with Crippen molar-refractivity contribution in [2.45, 2.75) is 32.0 Å². The number of aromatic nitrogens is 1. The quantitative estimate of drug-likeness (QED) is 0.884. The molecule has 0 aliphatic rings. The van der Waals surface area contributed by atoms with Gasteiger partial charge in [-0.15, -0.1) is 11.3 Å². The largest absolute Gasteiger partial charge is 0.424 e. The lowest BCUT2D eigenvalue weighted by atomic mass is 9.99. The van der Waals surface area contributed by atoms with Gasteiger partial charge < -0.3 is 10.4 Å². The van der Waals surface area contributed by atoms with Gasteiger partial charge in [0.1, 0.15) is 5.01 Å². The van der Waals surface area contributed by atoms with Crippen molar-refractivity contribution in [3.8, 4) is 0 Å². The second-order valence-electron chi connectivity index (χ2n) is 3.78. The molecule has 2 N–H and O–H groups in total. The molecular formula is C10H13F3N2O2S. The minimum absolute atomic E-state index is 0.198. The minimum Gasteiger partial charge on any atom is -0.374 e. The molecule has 1 aromatic heterocycles. The topological polar surface area (TPSA) is 62.2 Å². The van der Waals surface area contributed by atoms with Crippen LogP contribution in [0.5, 0.6) is 0 Å². The smallest absolute Gasteiger partial charge is 0.374 e. The van der Waals surface area contributed by atoms with Crippen LogP contribution in [0.15, 0.2) is 5.38 Å². The summed E-state index contributed by atoms with van der Waals surface area (Å²) in [5, 5.41) is 12.9. The number of thiazole rings is 1. The van der Waals surface area contributed by atoms with Crippen molar-refractivity contribution in [3.05, 3.63) is 16.1 Å². The van der Waals surface area contributed by atoms with Gasteiger partial charge in [0.2, 0.25) is 11.5 Å². The van der Waals surface area contributed by atoms with Crippen LogP contribution >= 0.6 is 11.3 Å². The number of hydrogen-bond donors (Lipinski definition) is 2. The number of nitrogens with zero attached hydrogens (tertiary/aromatic N) is 1. The van der Waals surface area contributed by atoms with Gasteiger partial charge in [-0.2, -0.15) is 13.2 Å². The van der Waals surface area contributed by atoms with Crippen molar-refractivity contribution >= 4 is 17.2 Å². The van der Waals surface area contributed by atoms with E-state index in [9.17, 15) is 23.1 Å². The summed E-state index contributed by atoms with van der Waals surface area (Å²) in [5.41, 5.74) is -2.86. The maximum atomic E-state index is 12.9. The molecule has 0 aliphatic carbocycles. The van der Waals surface area contributed by atoms with Gasteiger partial charge in [0, 0.05) is 17.6 Å². The predicted octanol–water partition coefficient (Wildman–Crippen LogP) is 1.73. The van der Waals surface area contributed by atoms with Crippen molar-refractivity contribution in [2.24, 2.45) is 0 Å². The Labute approximate surface area is 106 Å². The first-order valence-corrected chi connectivity index (χ1v) is 6.07. The lowest BCUT2D eigenvalue weighted by molar-refractivity contribution is -0.267. The van der Waals surface area contributed by atoms with Crippen LogP contribution in [0, 0.1) is 6.92 Å². The van der Waals surface area contributed by atoms with Crippen molar-refractivity contribution in [3.63, 3.8) is 0 Å². The first-order chi connectivity index (χ1) is 8.20. The molecular weight excluding hydrogens is 269 g/mol. The Morgan fingerprint density at radius 2 is 2.17 bits per heavy atom. The molecule has 0 aromatic carbocycles.